The highest BCUT2D eigenvalue weighted by Crippen LogP contribution is 2.20. The fraction of sp³-hybridized carbons (Fsp3) is 0.222. The van der Waals surface area contributed by atoms with Crippen molar-refractivity contribution >= 4 is 11.6 Å². The molecule has 0 heterocycles. The lowest BCUT2D eigenvalue weighted by atomic mass is 9.99. The normalized spacial score (nSPS) is 11.6. The van der Waals surface area contributed by atoms with Crippen molar-refractivity contribution in [3.05, 3.63) is 71.3 Å². The van der Waals surface area contributed by atoms with E-state index in [0.717, 1.165) is 6.42 Å². The van der Waals surface area contributed by atoms with Gasteiger partial charge in [-0.1, -0.05) is 74.0 Å². The van der Waals surface area contributed by atoms with Crippen molar-refractivity contribution in [3.8, 4) is 0 Å². The molecule has 0 N–H and O–H groups in total. The topological polar surface area (TPSA) is 0 Å². The molecule has 0 spiro atoms. The number of allylic oxidation sites excluding steroid dienone is 1. The van der Waals surface area contributed by atoms with E-state index in [1.165, 1.54) is 28.7 Å². The van der Waals surface area contributed by atoms with Crippen LogP contribution in [-0.2, 0) is 6.42 Å². The summed E-state index contributed by atoms with van der Waals surface area (Å²) in [4.78, 5) is 0. The van der Waals surface area contributed by atoms with Crippen LogP contribution in [0.1, 0.15) is 37.0 Å². The zero-order valence-electron chi connectivity index (χ0n) is 11.2. The molecule has 0 atom stereocenters. The Morgan fingerprint density at radius 3 is 2.33 bits per heavy atom. The highest BCUT2D eigenvalue weighted by molar-refractivity contribution is 5.81. The Morgan fingerprint density at radius 1 is 0.944 bits per heavy atom. The molecule has 0 aliphatic rings. The van der Waals surface area contributed by atoms with E-state index in [1.807, 2.05) is 0 Å². The second-order valence-electron chi connectivity index (χ2n) is 4.64. The summed E-state index contributed by atoms with van der Waals surface area (Å²) in [5, 5.41) is 0. The summed E-state index contributed by atoms with van der Waals surface area (Å²) in [5.41, 5.74) is 5.40. The molecule has 2 rings (SSSR count). The molecular formula is C18H20. The minimum Gasteiger partial charge on any atom is -0.0651 e. The minimum atomic E-state index is 1.15. The molecule has 0 radical (unpaired) electrons. The monoisotopic (exact) mass is 236 g/mol. The Balaban J connectivity index is 2.33. The van der Waals surface area contributed by atoms with Crippen LogP contribution in [0, 0.1) is 0 Å². The predicted octanol–water partition coefficient (Wildman–Crippen LogP) is 5.20. The molecular weight excluding hydrogens is 216 g/mol. The van der Waals surface area contributed by atoms with Gasteiger partial charge in [-0.2, -0.15) is 0 Å². The van der Waals surface area contributed by atoms with Crippen LogP contribution in [0.15, 0.2) is 54.6 Å². The number of aryl methyl sites for hydroxylation is 1. The lowest BCUT2D eigenvalue weighted by Crippen LogP contribution is -1.88. The Kier molecular flexibility index (Phi) is 4.35. The standard InChI is InChI=1S/C18H20/c1-3-9-17-12-7-8-13-18(17)14-15(2)16-10-5-4-6-11-16/h4-8,10-14H,3,9H2,1-2H3/b15-14+. The lowest BCUT2D eigenvalue weighted by Gasteiger charge is -2.06. The summed E-state index contributed by atoms with van der Waals surface area (Å²) in [6.07, 6.45) is 4.63. The smallest absolute Gasteiger partial charge is 0.0222 e. The van der Waals surface area contributed by atoms with Gasteiger partial charge in [0.05, 0.1) is 0 Å². The fourth-order valence-corrected chi connectivity index (χ4v) is 2.19. The lowest BCUT2D eigenvalue weighted by molar-refractivity contribution is 0.919. The van der Waals surface area contributed by atoms with Crippen LogP contribution in [0.2, 0.25) is 0 Å². The summed E-state index contributed by atoms with van der Waals surface area (Å²) < 4.78 is 0. The average Bonchev–Trinajstić information content (AvgIpc) is 2.42. The summed E-state index contributed by atoms with van der Waals surface area (Å²) in [5.74, 6) is 0. The van der Waals surface area contributed by atoms with Gasteiger partial charge in [0.15, 0.2) is 0 Å². The molecule has 2 aromatic carbocycles. The highest BCUT2D eigenvalue weighted by Gasteiger charge is 2.00. The first-order valence-electron chi connectivity index (χ1n) is 6.63. The third-order valence-electron chi connectivity index (χ3n) is 3.18. The Hall–Kier alpha value is -1.82. The van der Waals surface area contributed by atoms with E-state index in [0.29, 0.717) is 0 Å². The van der Waals surface area contributed by atoms with Crippen molar-refractivity contribution in [2.24, 2.45) is 0 Å². The molecule has 0 fully saturated rings. The first-order chi connectivity index (χ1) is 8.81. The van der Waals surface area contributed by atoms with E-state index in [4.69, 9.17) is 0 Å². The molecule has 0 saturated carbocycles. The average molecular weight is 236 g/mol. The number of benzene rings is 2. The maximum atomic E-state index is 2.29. The van der Waals surface area contributed by atoms with Crippen molar-refractivity contribution in [3.63, 3.8) is 0 Å². The summed E-state index contributed by atoms with van der Waals surface area (Å²) >= 11 is 0. The van der Waals surface area contributed by atoms with Gasteiger partial charge in [-0.05, 0) is 35.6 Å². The van der Waals surface area contributed by atoms with Crippen LogP contribution in [-0.4, -0.2) is 0 Å². The van der Waals surface area contributed by atoms with E-state index in [-0.39, 0.29) is 0 Å². The Bertz CT molecular complexity index is 521. The molecule has 0 nitrogen and oxygen atoms in total. The second-order valence-corrected chi connectivity index (χ2v) is 4.64. The van der Waals surface area contributed by atoms with Gasteiger partial charge in [0.2, 0.25) is 0 Å². The quantitative estimate of drug-likeness (QED) is 0.640. The number of hydrogen-bond donors (Lipinski definition) is 0. The van der Waals surface area contributed by atoms with Crippen LogP contribution in [0.5, 0.6) is 0 Å². The van der Waals surface area contributed by atoms with E-state index in [9.17, 15) is 0 Å². The number of rotatable bonds is 4. The third kappa shape index (κ3) is 3.10. The minimum absolute atomic E-state index is 1.15. The molecule has 0 unspecified atom stereocenters. The van der Waals surface area contributed by atoms with Crippen molar-refractivity contribution in [1.82, 2.24) is 0 Å². The van der Waals surface area contributed by atoms with Gasteiger partial charge < -0.3 is 0 Å². The van der Waals surface area contributed by atoms with Gasteiger partial charge in [-0.15, -0.1) is 0 Å². The molecule has 2 aromatic rings. The molecule has 0 aromatic heterocycles. The SMILES string of the molecule is CCCc1ccccc1/C=C(\C)c1ccccc1. The molecule has 18 heavy (non-hydrogen) atoms. The molecule has 92 valence electrons. The van der Waals surface area contributed by atoms with E-state index < -0.39 is 0 Å². The molecule has 0 aliphatic carbocycles. The maximum absolute atomic E-state index is 2.29. The molecule has 0 amide bonds. The van der Waals surface area contributed by atoms with Crippen LogP contribution >= 0.6 is 0 Å². The van der Waals surface area contributed by atoms with E-state index in [1.54, 1.807) is 0 Å². The van der Waals surface area contributed by atoms with Gasteiger partial charge >= 0.3 is 0 Å². The first kappa shape index (κ1) is 12.6. The Morgan fingerprint density at radius 2 is 1.61 bits per heavy atom. The van der Waals surface area contributed by atoms with Crippen LogP contribution in [0.4, 0.5) is 0 Å². The zero-order valence-corrected chi connectivity index (χ0v) is 11.2. The van der Waals surface area contributed by atoms with Crippen molar-refractivity contribution in [1.29, 1.82) is 0 Å². The van der Waals surface area contributed by atoms with Gasteiger partial charge in [0, 0.05) is 0 Å². The van der Waals surface area contributed by atoms with Crippen LogP contribution < -0.4 is 0 Å². The number of hydrogen-bond acceptors (Lipinski definition) is 0. The summed E-state index contributed by atoms with van der Waals surface area (Å²) in [6, 6.07) is 19.2. The summed E-state index contributed by atoms with van der Waals surface area (Å²) in [6.45, 7) is 4.41. The van der Waals surface area contributed by atoms with Gasteiger partial charge in [-0.3, -0.25) is 0 Å². The second kappa shape index (κ2) is 6.20. The van der Waals surface area contributed by atoms with Gasteiger partial charge in [0.25, 0.3) is 0 Å². The van der Waals surface area contributed by atoms with Crippen molar-refractivity contribution in [2.45, 2.75) is 26.7 Å². The Labute approximate surface area is 110 Å². The molecule has 0 bridgehead atoms. The van der Waals surface area contributed by atoms with Crippen molar-refractivity contribution < 1.29 is 0 Å². The third-order valence-corrected chi connectivity index (χ3v) is 3.18. The maximum Gasteiger partial charge on any atom is -0.0222 e. The highest BCUT2D eigenvalue weighted by atomic mass is 14.0. The molecule has 0 heteroatoms. The van der Waals surface area contributed by atoms with Gasteiger partial charge in [-0.25, -0.2) is 0 Å². The summed E-state index contributed by atoms with van der Waals surface area (Å²) in [7, 11) is 0. The zero-order chi connectivity index (χ0) is 12.8. The largest absolute Gasteiger partial charge is 0.0651 e. The molecule has 0 aliphatic heterocycles. The predicted molar refractivity (Wildman–Crippen MR) is 80.4 cm³/mol. The van der Waals surface area contributed by atoms with Crippen LogP contribution in [0.3, 0.4) is 0 Å². The van der Waals surface area contributed by atoms with E-state index in [2.05, 4.69) is 74.5 Å². The first-order valence-corrected chi connectivity index (χ1v) is 6.63. The fourth-order valence-electron chi connectivity index (χ4n) is 2.19. The van der Waals surface area contributed by atoms with Crippen LogP contribution in [0.25, 0.3) is 11.6 Å². The van der Waals surface area contributed by atoms with Crippen molar-refractivity contribution in [2.75, 3.05) is 0 Å². The molecule has 0 saturated heterocycles. The van der Waals surface area contributed by atoms with E-state index >= 15 is 0 Å². The van der Waals surface area contributed by atoms with Gasteiger partial charge in [0.1, 0.15) is 0 Å².